The summed E-state index contributed by atoms with van der Waals surface area (Å²) in [5, 5.41) is 6.36. The van der Waals surface area contributed by atoms with Gasteiger partial charge >= 0.3 is 6.18 Å². The van der Waals surface area contributed by atoms with Crippen molar-refractivity contribution < 1.29 is 35.9 Å². The van der Waals surface area contributed by atoms with E-state index in [1.165, 1.54) is 24.3 Å². The monoisotopic (exact) mass is 526 g/mol. The molecule has 14 heteroatoms. The number of likely N-dealkylation sites (tertiary alicyclic amines) is 1. The Balaban J connectivity index is 1.35. The maximum atomic E-state index is 14.6. The van der Waals surface area contributed by atoms with Crippen LogP contribution < -0.4 is 11.1 Å². The van der Waals surface area contributed by atoms with Crippen LogP contribution in [-0.2, 0) is 11.0 Å². The Morgan fingerprint density at radius 3 is 2.54 bits per heavy atom. The summed E-state index contributed by atoms with van der Waals surface area (Å²) in [7, 11) is 0. The molecule has 196 valence electrons. The summed E-state index contributed by atoms with van der Waals surface area (Å²) in [6.45, 7) is -0.509. The van der Waals surface area contributed by atoms with Gasteiger partial charge in [-0.1, -0.05) is 12.1 Å². The predicted octanol–water partition coefficient (Wildman–Crippen LogP) is 3.32. The van der Waals surface area contributed by atoms with Crippen LogP contribution in [0, 0.1) is 5.92 Å². The molecule has 1 aliphatic carbocycles. The Kier molecular flexibility index (Phi) is 5.79. The quantitative estimate of drug-likeness (QED) is 0.508. The topological polar surface area (TPSA) is 106 Å². The summed E-state index contributed by atoms with van der Waals surface area (Å²) < 4.78 is 82.6. The summed E-state index contributed by atoms with van der Waals surface area (Å²) >= 11 is 0. The van der Waals surface area contributed by atoms with Gasteiger partial charge in [0.25, 0.3) is 5.91 Å². The van der Waals surface area contributed by atoms with E-state index >= 15 is 0 Å². The number of hydrogen-bond acceptors (Lipinski definition) is 5. The first-order chi connectivity index (χ1) is 17.3. The molecular formula is C23H20F6N6O2. The van der Waals surface area contributed by atoms with Gasteiger partial charge in [-0.2, -0.15) is 18.3 Å². The zero-order chi connectivity index (χ0) is 26.7. The molecule has 1 aromatic carbocycles. The maximum absolute atomic E-state index is 14.6. The van der Waals surface area contributed by atoms with Crippen LogP contribution in [0.3, 0.4) is 0 Å². The van der Waals surface area contributed by atoms with Crippen LogP contribution in [0.2, 0.25) is 0 Å². The lowest BCUT2D eigenvalue weighted by Gasteiger charge is -2.36. The van der Waals surface area contributed by atoms with Crippen LogP contribution in [0.5, 0.6) is 0 Å². The zero-order valence-corrected chi connectivity index (χ0v) is 19.0. The van der Waals surface area contributed by atoms with E-state index in [9.17, 15) is 35.9 Å². The fourth-order valence-electron chi connectivity index (χ4n) is 4.74. The number of halogens is 6. The Hall–Kier alpha value is -3.84. The van der Waals surface area contributed by atoms with Gasteiger partial charge in [-0.25, -0.2) is 22.7 Å². The van der Waals surface area contributed by atoms with Gasteiger partial charge in [-0.05, 0) is 18.2 Å². The van der Waals surface area contributed by atoms with Gasteiger partial charge in [0.1, 0.15) is 18.0 Å². The molecule has 3 N–H and O–H groups in total. The number of carbonyl (C=O) groups excluding carboxylic acids is 2. The summed E-state index contributed by atoms with van der Waals surface area (Å²) in [6.07, 6.45) is -6.51. The summed E-state index contributed by atoms with van der Waals surface area (Å²) in [6, 6.07) is 5.40. The Morgan fingerprint density at radius 1 is 1.14 bits per heavy atom. The third kappa shape index (κ3) is 4.55. The second kappa shape index (κ2) is 8.63. The molecule has 0 bridgehead atoms. The SMILES string of the molecule is Nc1ncnn2c(-c3cccc(C(=O)N[C@@H]4CN(C(=O)C5CC(F)(F)C5)C[C@@H]4F)c3)cc(C(F)(F)F)c12. The molecule has 2 atom stereocenters. The van der Waals surface area contributed by atoms with Crippen molar-refractivity contribution in [1.82, 2.24) is 24.8 Å². The molecule has 0 radical (unpaired) electrons. The van der Waals surface area contributed by atoms with Gasteiger partial charge in [0.05, 0.1) is 23.8 Å². The molecule has 2 aromatic heterocycles. The molecule has 0 spiro atoms. The number of fused-ring (bicyclic) bond motifs is 1. The highest BCUT2D eigenvalue weighted by Gasteiger charge is 2.51. The summed E-state index contributed by atoms with van der Waals surface area (Å²) in [5.41, 5.74) is 4.43. The van der Waals surface area contributed by atoms with Crippen molar-refractivity contribution in [1.29, 1.82) is 0 Å². The Bertz CT molecular complexity index is 1380. The fourth-order valence-corrected chi connectivity index (χ4v) is 4.74. The van der Waals surface area contributed by atoms with Crippen molar-refractivity contribution in [2.75, 3.05) is 18.8 Å². The van der Waals surface area contributed by atoms with Crippen LogP contribution in [0.4, 0.5) is 32.2 Å². The molecular weight excluding hydrogens is 506 g/mol. The molecule has 2 fully saturated rings. The van der Waals surface area contributed by atoms with Crippen molar-refractivity contribution in [2.45, 2.75) is 37.2 Å². The van der Waals surface area contributed by atoms with E-state index in [-0.39, 0.29) is 35.7 Å². The van der Waals surface area contributed by atoms with Gasteiger partial charge in [0, 0.05) is 36.4 Å². The third-order valence-electron chi connectivity index (χ3n) is 6.62. The minimum atomic E-state index is -4.74. The molecule has 0 unspecified atom stereocenters. The second-order valence-corrected chi connectivity index (χ2v) is 9.23. The van der Waals surface area contributed by atoms with Gasteiger partial charge < -0.3 is 16.0 Å². The van der Waals surface area contributed by atoms with Gasteiger partial charge in [-0.15, -0.1) is 0 Å². The number of aromatic nitrogens is 3. The molecule has 37 heavy (non-hydrogen) atoms. The average Bonchev–Trinajstić information content (AvgIpc) is 3.39. The van der Waals surface area contributed by atoms with E-state index in [1.54, 1.807) is 0 Å². The van der Waals surface area contributed by atoms with E-state index in [0.717, 1.165) is 21.8 Å². The number of nitrogens with zero attached hydrogens (tertiary/aromatic N) is 4. The van der Waals surface area contributed by atoms with E-state index in [4.69, 9.17) is 5.73 Å². The van der Waals surface area contributed by atoms with Crippen molar-refractivity contribution >= 4 is 23.1 Å². The molecule has 5 rings (SSSR count). The highest BCUT2D eigenvalue weighted by molar-refractivity contribution is 5.96. The van der Waals surface area contributed by atoms with Crippen molar-refractivity contribution in [3.8, 4) is 11.3 Å². The van der Waals surface area contributed by atoms with E-state index in [2.05, 4.69) is 15.4 Å². The Morgan fingerprint density at radius 2 is 1.86 bits per heavy atom. The van der Waals surface area contributed by atoms with Crippen molar-refractivity contribution in [3.05, 3.63) is 47.8 Å². The average molecular weight is 526 g/mol. The number of hydrogen-bond donors (Lipinski definition) is 2. The molecule has 1 aliphatic heterocycles. The number of anilines is 1. The highest BCUT2D eigenvalue weighted by atomic mass is 19.4. The molecule has 3 heterocycles. The number of nitrogens with one attached hydrogen (secondary N) is 1. The first-order valence-electron chi connectivity index (χ1n) is 11.3. The first kappa shape index (κ1) is 24.8. The van der Waals surface area contributed by atoms with E-state index in [0.29, 0.717) is 0 Å². The summed E-state index contributed by atoms with van der Waals surface area (Å²) in [4.78, 5) is 30.0. The molecule has 3 aromatic rings. The van der Waals surface area contributed by atoms with Crippen molar-refractivity contribution in [3.63, 3.8) is 0 Å². The lowest BCUT2D eigenvalue weighted by Crippen LogP contribution is -2.47. The Labute approximate surface area is 205 Å². The number of rotatable bonds is 4. The van der Waals surface area contributed by atoms with Gasteiger partial charge in [0.15, 0.2) is 5.82 Å². The molecule has 2 amide bonds. The maximum Gasteiger partial charge on any atom is 0.418 e. The smallest absolute Gasteiger partial charge is 0.382 e. The van der Waals surface area contributed by atoms with E-state index < -0.39 is 66.0 Å². The molecule has 1 saturated heterocycles. The second-order valence-electron chi connectivity index (χ2n) is 9.23. The van der Waals surface area contributed by atoms with Crippen LogP contribution >= 0.6 is 0 Å². The number of amides is 2. The van der Waals surface area contributed by atoms with Crippen LogP contribution in [0.25, 0.3) is 16.8 Å². The lowest BCUT2D eigenvalue weighted by atomic mass is 9.80. The number of nitrogens with two attached hydrogens (primary N) is 1. The number of nitrogen functional groups attached to an aromatic ring is 1. The minimum absolute atomic E-state index is 0.00406. The predicted molar refractivity (Wildman–Crippen MR) is 118 cm³/mol. The van der Waals surface area contributed by atoms with Crippen LogP contribution in [0.15, 0.2) is 36.7 Å². The normalized spacial score (nSPS) is 21.7. The van der Waals surface area contributed by atoms with E-state index in [1.807, 2.05) is 0 Å². The molecule has 1 saturated carbocycles. The van der Waals surface area contributed by atoms with Crippen molar-refractivity contribution in [2.24, 2.45) is 5.92 Å². The third-order valence-corrected chi connectivity index (χ3v) is 6.62. The van der Waals surface area contributed by atoms with Crippen LogP contribution in [0.1, 0.15) is 28.8 Å². The number of alkyl halides is 6. The van der Waals surface area contributed by atoms with Gasteiger partial charge in [0.2, 0.25) is 11.8 Å². The van der Waals surface area contributed by atoms with Crippen LogP contribution in [-0.4, -0.2) is 62.5 Å². The first-order valence-corrected chi connectivity index (χ1v) is 11.3. The largest absolute Gasteiger partial charge is 0.418 e. The highest BCUT2D eigenvalue weighted by Crippen LogP contribution is 2.43. The molecule has 8 nitrogen and oxygen atoms in total. The minimum Gasteiger partial charge on any atom is -0.382 e. The molecule has 2 aliphatic rings. The lowest BCUT2D eigenvalue weighted by molar-refractivity contribution is -0.159. The standard InChI is InChI=1S/C23H20F6N6O2/c24-15-8-34(21(37)13-6-22(25,26)7-13)9-16(15)33-20(36)12-3-1-2-11(4-12)17-5-14(23(27,28)29)18-19(30)31-10-32-35(17)18/h1-5,10,13,15-16H,6-9H2,(H,33,36)(H2,30,31,32)/t15-,16+/m0/s1. The summed E-state index contributed by atoms with van der Waals surface area (Å²) in [5.74, 6) is -5.43. The number of carbonyl (C=O) groups is 2. The zero-order valence-electron chi connectivity index (χ0n) is 19.0. The number of benzene rings is 1. The van der Waals surface area contributed by atoms with Gasteiger partial charge in [-0.3, -0.25) is 9.59 Å². The fraction of sp³-hybridized carbons (Fsp3) is 0.391.